The number of carbonyl (C=O) groups is 1. The Morgan fingerprint density at radius 2 is 2.05 bits per heavy atom. The monoisotopic (exact) mass is 339 g/mol. The minimum Gasteiger partial charge on any atom is -0.348 e. The second-order valence-electron chi connectivity index (χ2n) is 6.32. The molecule has 2 bridgehead atoms. The van der Waals surface area contributed by atoms with Crippen LogP contribution in [0.1, 0.15) is 56.1 Å². The van der Waals surface area contributed by atoms with Crippen molar-refractivity contribution >= 4 is 21.8 Å². The number of fused-ring (bicyclic) bond motifs is 2. The van der Waals surface area contributed by atoms with Crippen LogP contribution in [-0.2, 0) is 0 Å². The molecule has 0 radical (unpaired) electrons. The molecule has 3 rings (SSSR count). The van der Waals surface area contributed by atoms with Crippen molar-refractivity contribution in [2.45, 2.75) is 63.7 Å². The first kappa shape index (κ1) is 14.1. The van der Waals surface area contributed by atoms with E-state index in [4.69, 9.17) is 0 Å². The molecule has 0 saturated carbocycles. The number of nitrogens with one attached hydrogen (secondary N) is 2. The van der Waals surface area contributed by atoms with Crippen molar-refractivity contribution in [3.63, 3.8) is 0 Å². The number of aromatic nitrogens is 1. The Morgan fingerprint density at radius 1 is 1.40 bits per heavy atom. The van der Waals surface area contributed by atoms with Gasteiger partial charge in [-0.3, -0.25) is 4.79 Å². The Bertz CT molecular complexity index is 499. The van der Waals surface area contributed by atoms with Gasteiger partial charge in [0.25, 0.3) is 5.91 Å². The van der Waals surface area contributed by atoms with Crippen molar-refractivity contribution < 1.29 is 4.79 Å². The topological polar surface area (TPSA) is 46.1 Å². The maximum atomic E-state index is 12.5. The number of hydrogen-bond donors (Lipinski definition) is 2. The third-order valence-corrected chi connectivity index (χ3v) is 4.85. The van der Waals surface area contributed by atoms with Crippen molar-refractivity contribution in [2.75, 3.05) is 0 Å². The highest BCUT2D eigenvalue weighted by atomic mass is 79.9. The lowest BCUT2D eigenvalue weighted by molar-refractivity contribution is 0.0913. The zero-order valence-corrected chi connectivity index (χ0v) is 13.6. The van der Waals surface area contributed by atoms with E-state index in [2.05, 4.69) is 40.4 Å². The fourth-order valence-corrected chi connectivity index (χ4v) is 3.93. The third kappa shape index (κ3) is 2.79. The molecule has 2 atom stereocenters. The van der Waals surface area contributed by atoms with E-state index in [1.807, 2.05) is 16.8 Å². The first-order valence-corrected chi connectivity index (χ1v) is 8.26. The minimum atomic E-state index is 0.0516. The van der Waals surface area contributed by atoms with Gasteiger partial charge in [-0.25, -0.2) is 0 Å². The molecule has 2 fully saturated rings. The van der Waals surface area contributed by atoms with E-state index in [0.717, 1.165) is 23.0 Å². The molecular weight excluding hydrogens is 318 g/mol. The molecule has 2 saturated heterocycles. The zero-order chi connectivity index (χ0) is 14.3. The van der Waals surface area contributed by atoms with Crippen LogP contribution in [-0.4, -0.2) is 28.6 Å². The number of rotatable bonds is 3. The number of halogens is 1. The highest BCUT2D eigenvalue weighted by molar-refractivity contribution is 9.10. The van der Waals surface area contributed by atoms with Crippen molar-refractivity contribution in [1.82, 2.24) is 15.2 Å². The molecule has 0 spiro atoms. The molecule has 2 aliphatic rings. The van der Waals surface area contributed by atoms with Crippen LogP contribution in [0.4, 0.5) is 0 Å². The molecule has 1 amide bonds. The minimum absolute atomic E-state index is 0.0516. The lowest BCUT2D eigenvalue weighted by Crippen LogP contribution is -2.48. The predicted molar refractivity (Wildman–Crippen MR) is 83.0 cm³/mol. The molecular formula is C15H22BrN3O. The average Bonchev–Trinajstić information content (AvgIpc) is 2.93. The van der Waals surface area contributed by atoms with Crippen molar-refractivity contribution in [1.29, 1.82) is 0 Å². The summed E-state index contributed by atoms with van der Waals surface area (Å²) in [4.78, 5) is 12.5. The fourth-order valence-electron chi connectivity index (χ4n) is 3.49. The molecule has 0 aliphatic carbocycles. The molecule has 20 heavy (non-hydrogen) atoms. The average molecular weight is 340 g/mol. The van der Waals surface area contributed by atoms with Crippen molar-refractivity contribution in [3.8, 4) is 0 Å². The number of carbonyl (C=O) groups excluding carboxylic acids is 1. The lowest BCUT2D eigenvalue weighted by atomic mass is 10.00. The van der Waals surface area contributed by atoms with Gasteiger partial charge in [0.05, 0.1) is 0 Å². The molecule has 0 aromatic carbocycles. The Labute approximate surface area is 128 Å². The maximum Gasteiger partial charge on any atom is 0.268 e. The summed E-state index contributed by atoms with van der Waals surface area (Å²) in [6.45, 7) is 4.18. The first-order chi connectivity index (χ1) is 9.52. The number of hydrogen-bond acceptors (Lipinski definition) is 2. The van der Waals surface area contributed by atoms with Crippen LogP contribution in [0.25, 0.3) is 0 Å². The van der Waals surface area contributed by atoms with Gasteiger partial charge in [-0.2, -0.15) is 0 Å². The number of piperidine rings is 1. The normalized spacial score (nSPS) is 28.9. The Hall–Kier alpha value is -0.810. The molecule has 2 aliphatic heterocycles. The fraction of sp³-hybridized carbons (Fsp3) is 0.667. The van der Waals surface area contributed by atoms with E-state index < -0.39 is 0 Å². The highest BCUT2D eigenvalue weighted by Crippen LogP contribution is 2.27. The first-order valence-electron chi connectivity index (χ1n) is 7.47. The van der Waals surface area contributed by atoms with Crippen LogP contribution >= 0.6 is 15.9 Å². The molecule has 1 aromatic heterocycles. The summed E-state index contributed by atoms with van der Waals surface area (Å²) in [5.41, 5.74) is 0.748. The largest absolute Gasteiger partial charge is 0.348 e. The Balaban J connectivity index is 1.70. The van der Waals surface area contributed by atoms with Crippen LogP contribution in [0.15, 0.2) is 16.7 Å². The smallest absolute Gasteiger partial charge is 0.268 e. The summed E-state index contributed by atoms with van der Waals surface area (Å²) < 4.78 is 2.98. The Morgan fingerprint density at radius 3 is 2.65 bits per heavy atom. The van der Waals surface area contributed by atoms with Crippen molar-refractivity contribution in [3.05, 3.63) is 22.4 Å². The van der Waals surface area contributed by atoms with Gasteiger partial charge in [-0.15, -0.1) is 0 Å². The summed E-state index contributed by atoms with van der Waals surface area (Å²) in [6, 6.07) is 3.71. The maximum absolute atomic E-state index is 12.5. The summed E-state index contributed by atoms with van der Waals surface area (Å²) in [5, 5.41) is 6.83. The van der Waals surface area contributed by atoms with Crippen LogP contribution in [0.5, 0.6) is 0 Å². The van der Waals surface area contributed by atoms with Gasteiger partial charge in [0.1, 0.15) is 5.69 Å². The van der Waals surface area contributed by atoms with Gasteiger partial charge >= 0.3 is 0 Å². The second kappa shape index (κ2) is 5.53. The lowest BCUT2D eigenvalue weighted by Gasteiger charge is -2.29. The van der Waals surface area contributed by atoms with Crippen LogP contribution < -0.4 is 10.6 Å². The zero-order valence-electron chi connectivity index (χ0n) is 12.0. The quantitative estimate of drug-likeness (QED) is 0.889. The van der Waals surface area contributed by atoms with Crippen LogP contribution in [0.3, 0.4) is 0 Å². The van der Waals surface area contributed by atoms with E-state index in [1.165, 1.54) is 12.8 Å². The standard InChI is InChI=1S/C15H22BrN3O/c1-9(2)19-8-10(16)5-14(19)15(20)18-13-6-11-3-4-12(7-13)17-11/h5,8-9,11-13,17H,3-4,6-7H2,1-2H3,(H,18,20). The van der Waals surface area contributed by atoms with Crippen molar-refractivity contribution in [2.24, 2.45) is 0 Å². The van der Waals surface area contributed by atoms with Gasteiger partial charge in [-0.1, -0.05) is 0 Å². The second-order valence-corrected chi connectivity index (χ2v) is 7.24. The molecule has 110 valence electrons. The summed E-state index contributed by atoms with van der Waals surface area (Å²) in [7, 11) is 0. The van der Waals surface area contributed by atoms with E-state index >= 15 is 0 Å². The van der Waals surface area contributed by atoms with Crippen LogP contribution in [0.2, 0.25) is 0 Å². The molecule has 2 unspecified atom stereocenters. The highest BCUT2D eigenvalue weighted by Gasteiger charge is 2.34. The molecule has 2 N–H and O–H groups in total. The molecule has 5 heteroatoms. The van der Waals surface area contributed by atoms with Gasteiger partial charge < -0.3 is 15.2 Å². The number of nitrogens with zero attached hydrogens (tertiary/aromatic N) is 1. The molecule has 1 aromatic rings. The van der Waals surface area contributed by atoms with Crippen LogP contribution in [0, 0.1) is 0 Å². The van der Waals surface area contributed by atoms with Gasteiger partial charge in [0, 0.05) is 34.8 Å². The molecule has 4 nitrogen and oxygen atoms in total. The number of amides is 1. The summed E-state index contributed by atoms with van der Waals surface area (Å²) in [6.07, 6.45) is 6.61. The van der Waals surface area contributed by atoms with E-state index in [1.54, 1.807) is 0 Å². The van der Waals surface area contributed by atoms with E-state index in [0.29, 0.717) is 18.1 Å². The van der Waals surface area contributed by atoms with Gasteiger partial charge in [-0.05, 0) is 61.5 Å². The summed E-state index contributed by atoms with van der Waals surface area (Å²) in [5.74, 6) is 0.0516. The van der Waals surface area contributed by atoms with E-state index in [-0.39, 0.29) is 11.9 Å². The SMILES string of the molecule is CC(C)n1cc(Br)cc1C(=O)NC1CC2CCC(C1)N2. The Kier molecular flexibility index (Phi) is 3.91. The van der Waals surface area contributed by atoms with Gasteiger partial charge in [0.15, 0.2) is 0 Å². The van der Waals surface area contributed by atoms with E-state index in [9.17, 15) is 4.79 Å². The molecule has 3 heterocycles. The third-order valence-electron chi connectivity index (χ3n) is 4.41. The predicted octanol–water partition coefficient (Wildman–Crippen LogP) is 2.84. The summed E-state index contributed by atoms with van der Waals surface area (Å²) >= 11 is 3.46. The van der Waals surface area contributed by atoms with Gasteiger partial charge in [0.2, 0.25) is 0 Å².